The van der Waals surface area contributed by atoms with E-state index in [1.54, 1.807) is 97.1 Å². The Labute approximate surface area is 895 Å². The molecule has 30 atom stereocenters. The molecule has 6 saturated heterocycles. The summed E-state index contributed by atoms with van der Waals surface area (Å²) in [6.07, 6.45) is -28.1. The zero-order chi connectivity index (χ0) is 106. The van der Waals surface area contributed by atoms with Gasteiger partial charge in [0, 0.05) is 122 Å². The van der Waals surface area contributed by atoms with E-state index in [0.29, 0.717) is 70.2 Å². The molecule has 6 aliphatic heterocycles. The molecule has 6 aromatic carbocycles. The third kappa shape index (κ3) is 35.2. The van der Waals surface area contributed by atoms with Crippen LogP contribution in [0.3, 0.4) is 0 Å². The fraction of sp³-hybridized carbons (Fsp3) is 0.505. The van der Waals surface area contributed by atoms with Crippen LogP contribution in [0.15, 0.2) is 146 Å². The number of urea groups is 2. The number of hydrogen-bond acceptors (Lipinski definition) is 36. The summed E-state index contributed by atoms with van der Waals surface area (Å²) in [6.45, 7) is 16.5. The first-order valence-corrected chi connectivity index (χ1v) is 63.5. The number of amides is 4. The van der Waals surface area contributed by atoms with Crippen LogP contribution in [0, 0.1) is 17.8 Å². The van der Waals surface area contributed by atoms with Crippen LogP contribution in [0.5, 0.6) is 0 Å². The quantitative estimate of drug-likeness (QED) is 0.0163. The number of benzene rings is 6. The van der Waals surface area contributed by atoms with E-state index in [9.17, 15) is 114 Å². The van der Waals surface area contributed by atoms with Gasteiger partial charge in [-0.2, -0.15) is 0 Å². The minimum Gasteiger partial charge on any atom is -0.478 e. The van der Waals surface area contributed by atoms with E-state index in [1.165, 1.54) is 70.2 Å². The number of carbonyl (C=O) groups is 11. The fourth-order valence-corrected chi connectivity index (χ4v) is 17.0. The van der Waals surface area contributed by atoms with E-state index >= 15 is 0 Å². The molecule has 6 heterocycles. The van der Waals surface area contributed by atoms with Crippen molar-refractivity contribution in [1.29, 1.82) is 0 Å². The standard InChI is InChI=1S/C38H48N2O13.C25H32N2O11.C19H24O7.C13H16O7.I3.I2.HI.H2/c1-9-30-19(2)20(3)32(48-22(5)42)33(52-30)26-12-10-14-28(16-26)39-38(46)40-29-15-11-13-27(17-29)34-36(50-24(7)44)37(51-25(8)45)35(49-23(6)43)31(53-34)18-47-21(4)41;28-9-15-17(30)19(32)21(34)23(37-15)11-3-1-5-13(7-11)26-25(36)27-14-6-2-4-12(8-14)24-22(35)20(33)18(31)16(10-29)38-24;1-5-15-10(2)16(24-11(3)20)18(25-12(4)21)17(26-15)13-7-6-8-14(9-13)19(22)23;14-5-8-9(15)10(16)11(17)12(20-8)6-2-1-3-7(4-6)13(18)19;1-3-2;1-2;;/h10-17,19-20,30-37H,9,18H2,1-8H3,(H2,39,40,46);1-8,15-24,28-35H,9-10H2,(H2,26,27,36);6-10,15-18H,5H2,1-4H3,(H,22,23);1-4,8-12,14-17H,5H2,(H,18,19);;;2*1H/q;;;;-1;;;/t19-,20-,30+,31+,32-,33+,34+,35?,36+,37-;15-,16-,17-,18-,19+,20+,21+,22+,23-,24-;10-,15-,16+,17-,18+;8-,9-,10+,11+,12-;;;;/m0111..../s1/i;;;;;;;1+1. The first-order valence-electron chi connectivity index (χ1n) is 44.6. The molecule has 0 radical (unpaired) electrons. The van der Waals surface area contributed by atoms with E-state index < -0.39 is 238 Å². The molecule has 0 aromatic heterocycles. The number of aliphatic hydroxyl groups excluding tert-OH is 12. The van der Waals surface area contributed by atoms with Gasteiger partial charge >= 0.3 is 116 Å². The van der Waals surface area contributed by atoms with Gasteiger partial charge in [0.1, 0.15) is 135 Å². The number of anilines is 4. The van der Waals surface area contributed by atoms with Crippen molar-refractivity contribution >= 4 is 187 Å². The molecule has 1 unspecified atom stereocenters. The number of carbonyl (C=O) groups excluding carboxylic acids is 9. The molecule has 18 N–H and O–H groups in total. The van der Waals surface area contributed by atoms with E-state index in [2.05, 4.69) is 103 Å². The van der Waals surface area contributed by atoms with Gasteiger partial charge in [0.2, 0.25) is 0 Å². The second kappa shape index (κ2) is 60.4. The summed E-state index contributed by atoms with van der Waals surface area (Å²) in [5.74, 6) is -6.47. The molecular weight excluding hydrogens is 2570 g/mol. The molecule has 6 fully saturated rings. The Balaban J connectivity index is 0.000000351. The Morgan fingerprint density at radius 1 is 0.322 bits per heavy atom. The van der Waals surface area contributed by atoms with Crippen molar-refractivity contribution in [2.45, 2.75) is 261 Å². The van der Waals surface area contributed by atoms with Gasteiger partial charge < -0.3 is 154 Å². The van der Waals surface area contributed by atoms with Crippen LogP contribution < -0.4 is 34.5 Å². The van der Waals surface area contributed by atoms with Crippen molar-refractivity contribution in [3.63, 3.8) is 0 Å². The van der Waals surface area contributed by atoms with E-state index in [0.717, 1.165) is 32.8 Å². The van der Waals surface area contributed by atoms with E-state index in [1.807, 2.05) is 33.8 Å². The molecule has 0 spiro atoms. The van der Waals surface area contributed by atoms with Crippen LogP contribution in [-0.2, 0) is 95.1 Å². The van der Waals surface area contributed by atoms with E-state index in [-0.39, 0.29) is 73.1 Å². The number of rotatable bonds is 25. The molecule has 4 amide bonds. The summed E-state index contributed by atoms with van der Waals surface area (Å²) < 4.78 is 73.7. The molecule has 0 bridgehead atoms. The number of nitrogens with one attached hydrogen (secondary N) is 4. The van der Waals surface area contributed by atoms with Crippen molar-refractivity contribution in [3.8, 4) is 0 Å². The van der Waals surface area contributed by atoms with Crippen LogP contribution >= 0.6 is 98.4 Å². The summed E-state index contributed by atoms with van der Waals surface area (Å²) in [6, 6.07) is 36.9. The minimum absolute atomic E-state index is 0. The van der Waals surface area contributed by atoms with E-state index in [4.69, 9.17) is 71.8 Å². The molecule has 48 heteroatoms. The maximum absolute atomic E-state index is 13.3. The Hall–Kier alpha value is -7.25. The Morgan fingerprint density at radius 2 is 0.573 bits per heavy atom. The summed E-state index contributed by atoms with van der Waals surface area (Å²) >= 11 is 9.54. The zero-order valence-electron chi connectivity index (χ0n) is 79.3. The molecule has 0 saturated carbocycles. The van der Waals surface area contributed by atoms with Crippen LogP contribution in [0.1, 0.15) is 188 Å². The SMILES string of the molecule is CC[C@H]1O[C@H](c2cccc(C(=O)O)c2)[C@@H](OC(C)=O)[C@@H](OC(C)=O)[C@@H]1C.CC[C@H]1O[C@H](c2cccc(NC(=O)Nc3cccc([C@H]4O[C@H](COC(C)=O)C(OC(C)=O)[C@H](OC(C)=O)[C@@H]4OC(C)=O)c3)c2)[C@@H](OC(C)=O)[C@@H](C)[C@@H]1C.I.II.I[I-]I.O=C(Nc1cccc([C@H]2O[C@H](CO)[C@@H](O)[C@H](O)[C@@H]2O)c1)Nc1cccc([C@H]2O[C@H](CO)[C@@H](O)[C@H](O)[C@@H]2O)c1.O=C(O)c1cccc([C@H]2O[C@H](CO)[C@@H](O)[C@H](O)[C@@H]2O)c1.[2HH]. The third-order valence-electron chi connectivity index (χ3n) is 23.8. The molecule has 6 aromatic rings. The number of esters is 7. The minimum atomic E-state index is -1.54. The summed E-state index contributed by atoms with van der Waals surface area (Å²) in [5.41, 5.74) is 4.35. The number of aliphatic hydroxyl groups is 12. The Kier molecular flexibility index (Phi) is 52.6. The van der Waals surface area contributed by atoms with Crippen molar-refractivity contribution in [2.75, 3.05) is 47.7 Å². The number of aromatic carboxylic acids is 2. The van der Waals surface area contributed by atoms with Crippen LogP contribution in [0.25, 0.3) is 0 Å². The number of carboxylic acids is 2. The summed E-state index contributed by atoms with van der Waals surface area (Å²) in [4.78, 5) is 132. The second-order valence-corrected chi connectivity index (χ2v) is 50.0. The second-order valence-electron chi connectivity index (χ2n) is 33.7. The van der Waals surface area contributed by atoms with Gasteiger partial charge in [-0.05, 0) is 125 Å². The maximum Gasteiger partial charge on any atom is 0.335 e. The van der Waals surface area contributed by atoms with Crippen LogP contribution in [0.2, 0.25) is 0 Å². The van der Waals surface area contributed by atoms with Crippen LogP contribution in [0.4, 0.5) is 32.3 Å². The zero-order valence-corrected chi connectivity index (χ0v) is 92.4. The fourth-order valence-electron chi connectivity index (χ4n) is 17.0. The van der Waals surface area contributed by atoms with Crippen molar-refractivity contribution < 1.29 is 200 Å². The predicted molar refractivity (Wildman–Crippen MR) is 550 cm³/mol. The average molecular weight is 2690 g/mol. The molecular formula is C95H123I6N4O38-. The molecule has 42 nitrogen and oxygen atoms in total. The van der Waals surface area contributed by atoms with Gasteiger partial charge in [0.15, 0.2) is 24.4 Å². The first kappa shape index (κ1) is 124. The van der Waals surface area contributed by atoms with Gasteiger partial charge in [-0.3, -0.25) is 33.6 Å². The molecule has 0 aliphatic carbocycles. The number of ether oxygens (including phenoxy) is 13. The van der Waals surface area contributed by atoms with Gasteiger partial charge in [0.25, 0.3) is 0 Å². The number of halogens is 6. The van der Waals surface area contributed by atoms with Gasteiger partial charge in [0.05, 0.1) is 43.2 Å². The summed E-state index contributed by atoms with van der Waals surface area (Å²) in [5, 5.41) is 147. The number of hydrogen-bond donors (Lipinski definition) is 18. The first-order chi connectivity index (χ1) is 67.3. The third-order valence-corrected chi connectivity index (χ3v) is 23.8. The molecule has 12 rings (SSSR count). The summed E-state index contributed by atoms with van der Waals surface area (Å²) in [7, 11) is 0. The molecule has 6 aliphatic rings. The Bertz CT molecular complexity index is 5100. The van der Waals surface area contributed by atoms with Crippen molar-refractivity contribution in [3.05, 3.63) is 190 Å². The number of carboxylic acid groups (broad SMARTS) is 2. The normalized spacial score (nSPS) is 29.9. The predicted octanol–water partition coefficient (Wildman–Crippen LogP) is 6.59. The average Bonchev–Trinajstić information content (AvgIpc) is 0.793. The van der Waals surface area contributed by atoms with Crippen molar-refractivity contribution in [2.24, 2.45) is 17.8 Å². The topological polar surface area (TPSA) is 639 Å². The van der Waals surface area contributed by atoms with Gasteiger partial charge in [-0.15, -0.1) is 24.0 Å². The van der Waals surface area contributed by atoms with Gasteiger partial charge in [-0.1, -0.05) is 107 Å². The largest absolute Gasteiger partial charge is 0.478 e. The molecule has 143 heavy (non-hydrogen) atoms. The Morgan fingerprint density at radius 3 is 0.881 bits per heavy atom. The van der Waals surface area contributed by atoms with Crippen molar-refractivity contribution in [1.82, 2.24) is 0 Å². The monoisotopic (exact) mass is 2690 g/mol. The molecule has 794 valence electrons. The smallest absolute Gasteiger partial charge is 0.335 e. The van der Waals surface area contributed by atoms with Crippen LogP contribution in [-0.4, -0.2) is 292 Å². The van der Waals surface area contributed by atoms with Gasteiger partial charge in [-0.25, -0.2) is 19.2 Å². The maximum atomic E-state index is 13.3.